The van der Waals surface area contributed by atoms with Gasteiger partial charge in [0.2, 0.25) is 5.69 Å². The van der Waals surface area contributed by atoms with E-state index in [1.54, 1.807) is 13.0 Å². The number of rotatable bonds is 15. The van der Waals surface area contributed by atoms with Crippen LogP contribution in [-0.2, 0) is 44.3 Å². The number of carbonyl (C=O) groups excluding carboxylic acids is 4. The van der Waals surface area contributed by atoms with Crippen molar-refractivity contribution in [2.24, 2.45) is 0 Å². The third-order valence-corrected chi connectivity index (χ3v) is 8.53. The maximum atomic E-state index is 12.1. The zero-order chi connectivity index (χ0) is 29.5. The lowest BCUT2D eigenvalue weighted by atomic mass is 9.76. The number of unbranched alkanes of at least 4 members (excludes halogenated alkanes) is 4. The molecule has 1 aromatic carbocycles. The van der Waals surface area contributed by atoms with E-state index in [-0.39, 0.29) is 35.5 Å². The molecule has 2 heterocycles. The summed E-state index contributed by atoms with van der Waals surface area (Å²) in [5.41, 5.74) is 2.42. The number of nitrogens with zero attached hydrogens (tertiary/aromatic N) is 2. The molecule has 0 saturated carbocycles. The SMILES string of the molecule is CCOC(=O)CCCCCC1(C)C(C)=[N+](CCCCCC(=O)ON2C(=O)CCC2=O)c2cc(S(=O)(=O)O)ccc21. The monoisotopic (exact) mass is 579 g/mol. The van der Waals surface area contributed by atoms with E-state index in [1.165, 1.54) is 12.1 Å². The molecule has 2 aliphatic heterocycles. The van der Waals surface area contributed by atoms with Gasteiger partial charge >= 0.3 is 11.9 Å². The molecule has 1 fully saturated rings. The summed E-state index contributed by atoms with van der Waals surface area (Å²) in [5.74, 6) is -1.85. The first kappa shape index (κ1) is 31.4. The van der Waals surface area contributed by atoms with Crippen molar-refractivity contribution in [3.63, 3.8) is 0 Å². The Bertz CT molecular complexity index is 1270. The fourth-order valence-electron chi connectivity index (χ4n) is 5.32. The average Bonchev–Trinajstić information content (AvgIpc) is 3.31. The molecule has 2 amide bonds. The molecule has 0 aromatic heterocycles. The molecule has 12 heteroatoms. The molecule has 0 bridgehead atoms. The lowest BCUT2D eigenvalue weighted by Gasteiger charge is -2.22. The Kier molecular flexibility index (Phi) is 10.6. The Hall–Kier alpha value is -3.12. The minimum absolute atomic E-state index is 0.0467. The number of hydrogen-bond acceptors (Lipinski definition) is 8. The summed E-state index contributed by atoms with van der Waals surface area (Å²) in [5, 5.41) is 0.548. The van der Waals surface area contributed by atoms with Crippen molar-refractivity contribution in [2.45, 2.75) is 102 Å². The summed E-state index contributed by atoms with van der Waals surface area (Å²) < 4.78 is 40.4. The van der Waals surface area contributed by atoms with Crippen LogP contribution in [0.15, 0.2) is 23.1 Å². The van der Waals surface area contributed by atoms with Crippen LogP contribution >= 0.6 is 0 Å². The van der Waals surface area contributed by atoms with Crippen LogP contribution in [0.1, 0.15) is 97.0 Å². The van der Waals surface area contributed by atoms with E-state index in [0.29, 0.717) is 43.9 Å². The molecule has 1 N–H and O–H groups in total. The van der Waals surface area contributed by atoms with Crippen LogP contribution in [0.4, 0.5) is 5.69 Å². The number of benzene rings is 1. The molecular formula is C28H39N2O9S+. The molecule has 2 aliphatic rings. The van der Waals surface area contributed by atoms with Crippen LogP contribution in [0.3, 0.4) is 0 Å². The van der Waals surface area contributed by atoms with E-state index in [2.05, 4.69) is 11.5 Å². The third-order valence-electron chi connectivity index (χ3n) is 7.68. The van der Waals surface area contributed by atoms with Gasteiger partial charge < -0.3 is 9.57 Å². The first-order valence-corrected chi connectivity index (χ1v) is 15.3. The molecular weight excluding hydrogens is 540 g/mol. The number of fused-ring (bicyclic) bond motifs is 1. The first-order chi connectivity index (χ1) is 18.9. The Balaban J connectivity index is 1.62. The van der Waals surface area contributed by atoms with Gasteiger partial charge in [-0.05, 0) is 51.7 Å². The minimum atomic E-state index is -4.38. The number of hydroxylamine groups is 2. The quantitative estimate of drug-likeness (QED) is 0.107. The first-order valence-electron chi connectivity index (χ1n) is 13.8. The maximum absolute atomic E-state index is 12.1. The van der Waals surface area contributed by atoms with Crippen LogP contribution in [-0.4, -0.2) is 65.2 Å². The van der Waals surface area contributed by atoms with Crippen LogP contribution in [0.5, 0.6) is 0 Å². The van der Waals surface area contributed by atoms with E-state index in [4.69, 9.17) is 9.57 Å². The summed E-state index contributed by atoms with van der Waals surface area (Å²) >= 11 is 0. The Labute approximate surface area is 235 Å². The van der Waals surface area contributed by atoms with Crippen LogP contribution in [0.25, 0.3) is 0 Å². The lowest BCUT2D eigenvalue weighted by molar-refractivity contribution is -0.440. The molecule has 0 aliphatic carbocycles. The van der Waals surface area contributed by atoms with Crippen molar-refractivity contribution >= 4 is 45.3 Å². The predicted molar refractivity (Wildman–Crippen MR) is 144 cm³/mol. The van der Waals surface area contributed by atoms with E-state index >= 15 is 0 Å². The largest absolute Gasteiger partial charge is 0.466 e. The number of ether oxygens (including phenoxy) is 1. The van der Waals surface area contributed by atoms with Gasteiger partial charge in [0.25, 0.3) is 21.9 Å². The second-order valence-corrected chi connectivity index (χ2v) is 11.9. The van der Waals surface area contributed by atoms with Gasteiger partial charge in [0, 0.05) is 50.7 Å². The molecule has 220 valence electrons. The molecule has 0 radical (unpaired) electrons. The van der Waals surface area contributed by atoms with Gasteiger partial charge in [-0.15, -0.1) is 5.06 Å². The maximum Gasteiger partial charge on any atom is 0.333 e. The summed E-state index contributed by atoms with van der Waals surface area (Å²) in [6.45, 7) is 6.87. The summed E-state index contributed by atoms with van der Waals surface area (Å²) in [6.07, 6.45) is 5.64. The van der Waals surface area contributed by atoms with Crippen molar-refractivity contribution in [3.8, 4) is 0 Å². The molecule has 1 atom stereocenters. The summed E-state index contributed by atoms with van der Waals surface area (Å²) in [4.78, 5) is 51.7. The highest BCUT2D eigenvalue weighted by molar-refractivity contribution is 7.85. The van der Waals surface area contributed by atoms with Crippen LogP contribution < -0.4 is 0 Å². The fraction of sp³-hybridized carbons (Fsp3) is 0.607. The Morgan fingerprint density at radius 1 is 1.00 bits per heavy atom. The zero-order valence-corrected chi connectivity index (χ0v) is 24.3. The van der Waals surface area contributed by atoms with E-state index < -0.39 is 27.9 Å². The number of esters is 1. The summed E-state index contributed by atoms with van der Waals surface area (Å²) in [7, 11) is -4.38. The van der Waals surface area contributed by atoms with E-state index in [0.717, 1.165) is 42.6 Å². The van der Waals surface area contributed by atoms with Crippen molar-refractivity contribution in [2.75, 3.05) is 13.2 Å². The molecule has 1 aromatic rings. The molecule has 11 nitrogen and oxygen atoms in total. The van der Waals surface area contributed by atoms with E-state index in [1.807, 2.05) is 6.92 Å². The molecule has 3 rings (SSSR count). The second-order valence-electron chi connectivity index (χ2n) is 10.4. The number of imide groups is 1. The summed E-state index contributed by atoms with van der Waals surface area (Å²) in [6, 6.07) is 4.69. The van der Waals surface area contributed by atoms with Crippen molar-refractivity contribution in [1.29, 1.82) is 0 Å². The Morgan fingerprint density at radius 2 is 1.62 bits per heavy atom. The van der Waals surface area contributed by atoms with Gasteiger partial charge in [-0.1, -0.05) is 12.8 Å². The molecule has 0 spiro atoms. The number of carbonyl (C=O) groups is 4. The standard InChI is InChI=1S/C28H38N2O9S/c1-4-38-26(33)11-7-5-9-17-28(3)20(2)29(23-19-21(40(35,36)37)13-14-22(23)28)18-10-6-8-12-27(34)39-30-24(31)15-16-25(30)32/h13-14,19H,4-12,15-18H2,1-3H3/p+1. The Morgan fingerprint density at radius 3 is 2.25 bits per heavy atom. The normalized spacial score (nSPS) is 18.9. The minimum Gasteiger partial charge on any atom is -0.466 e. The van der Waals surface area contributed by atoms with Gasteiger partial charge in [0.15, 0.2) is 5.71 Å². The second kappa shape index (κ2) is 13.5. The van der Waals surface area contributed by atoms with Crippen LogP contribution in [0.2, 0.25) is 0 Å². The van der Waals surface area contributed by atoms with Crippen molar-refractivity contribution in [3.05, 3.63) is 23.8 Å². The van der Waals surface area contributed by atoms with E-state index in [9.17, 15) is 32.1 Å². The average molecular weight is 580 g/mol. The predicted octanol–water partition coefficient (Wildman–Crippen LogP) is 3.99. The highest BCUT2D eigenvalue weighted by Gasteiger charge is 2.46. The van der Waals surface area contributed by atoms with Gasteiger partial charge in [-0.2, -0.15) is 13.0 Å². The fourth-order valence-corrected chi connectivity index (χ4v) is 5.82. The number of hydrogen-bond donors (Lipinski definition) is 1. The van der Waals surface area contributed by atoms with Crippen molar-refractivity contribution in [1.82, 2.24) is 5.06 Å². The number of amides is 2. The van der Waals surface area contributed by atoms with Gasteiger partial charge in [-0.25, -0.2) is 4.79 Å². The van der Waals surface area contributed by atoms with Crippen molar-refractivity contribution < 1.29 is 46.3 Å². The topological polar surface area (TPSA) is 147 Å². The van der Waals surface area contributed by atoms with Crippen LogP contribution in [0, 0.1) is 0 Å². The lowest BCUT2D eigenvalue weighted by Crippen LogP contribution is -2.32. The zero-order valence-electron chi connectivity index (χ0n) is 23.4. The molecule has 40 heavy (non-hydrogen) atoms. The van der Waals surface area contributed by atoms with Gasteiger partial charge in [-0.3, -0.25) is 18.9 Å². The molecule has 1 saturated heterocycles. The van der Waals surface area contributed by atoms with Gasteiger partial charge in [0.1, 0.15) is 11.4 Å². The highest BCUT2D eigenvalue weighted by Crippen LogP contribution is 2.44. The highest BCUT2D eigenvalue weighted by atomic mass is 32.2. The third kappa shape index (κ3) is 7.54. The molecule has 1 unspecified atom stereocenters. The smallest absolute Gasteiger partial charge is 0.333 e. The van der Waals surface area contributed by atoms with Gasteiger partial charge in [0.05, 0.1) is 12.0 Å².